The molecular weight excluding hydrogens is 216 g/mol. The summed E-state index contributed by atoms with van der Waals surface area (Å²) in [6.45, 7) is 2.63. The number of aromatic nitrogens is 1. The van der Waals surface area contributed by atoms with E-state index in [4.69, 9.17) is 15.2 Å². The molecule has 1 rings (SSSR count). The minimum absolute atomic E-state index is 0.216. The normalized spacial score (nSPS) is 10.3. The van der Waals surface area contributed by atoms with Crippen LogP contribution in [0.5, 0.6) is 0 Å². The summed E-state index contributed by atoms with van der Waals surface area (Å²) in [6, 6.07) is 0. The zero-order valence-corrected chi connectivity index (χ0v) is 9.60. The number of ether oxygens (including phenoxy) is 2. The van der Waals surface area contributed by atoms with Crippen LogP contribution in [0.3, 0.4) is 0 Å². The Hall–Kier alpha value is -1.14. The van der Waals surface area contributed by atoms with E-state index in [1.165, 1.54) is 11.3 Å². The molecule has 2 N–H and O–H groups in total. The summed E-state index contributed by atoms with van der Waals surface area (Å²) in [4.78, 5) is 15.5. The van der Waals surface area contributed by atoms with Gasteiger partial charge in [0.15, 0.2) is 5.69 Å². The summed E-state index contributed by atoms with van der Waals surface area (Å²) in [6.07, 6.45) is 0.658. The third-order valence-corrected chi connectivity index (χ3v) is 2.63. The molecule has 84 valence electrons. The van der Waals surface area contributed by atoms with Crippen LogP contribution in [0.4, 0.5) is 5.00 Å². The number of nitrogen functional groups attached to an aromatic ring is 1. The minimum Gasteiger partial charge on any atom is -0.461 e. The first-order valence-electron chi connectivity index (χ1n) is 4.60. The summed E-state index contributed by atoms with van der Waals surface area (Å²) in [5, 5.41) is 1.19. The number of anilines is 1. The Bertz CT molecular complexity index is 338. The zero-order chi connectivity index (χ0) is 11.3. The number of thiazole rings is 1. The highest BCUT2D eigenvalue weighted by Crippen LogP contribution is 2.22. The fraction of sp³-hybridized carbons (Fsp3) is 0.556. The van der Waals surface area contributed by atoms with Crippen LogP contribution in [0, 0.1) is 0 Å². The van der Waals surface area contributed by atoms with Crippen molar-refractivity contribution in [2.24, 2.45) is 0 Å². The fourth-order valence-corrected chi connectivity index (χ4v) is 1.82. The summed E-state index contributed by atoms with van der Waals surface area (Å²) in [7, 11) is 1.61. The quantitative estimate of drug-likeness (QED) is 0.766. The maximum absolute atomic E-state index is 11.4. The Balaban J connectivity index is 2.72. The largest absolute Gasteiger partial charge is 0.461 e. The third kappa shape index (κ3) is 3.17. The van der Waals surface area contributed by atoms with Crippen molar-refractivity contribution >= 4 is 22.3 Å². The highest BCUT2D eigenvalue weighted by molar-refractivity contribution is 7.15. The van der Waals surface area contributed by atoms with E-state index in [0.29, 0.717) is 24.6 Å². The van der Waals surface area contributed by atoms with E-state index in [1.807, 2.05) is 0 Å². The number of rotatable bonds is 5. The van der Waals surface area contributed by atoms with E-state index in [-0.39, 0.29) is 5.69 Å². The molecule has 0 saturated heterocycles. The number of carbonyl (C=O) groups excluding carboxylic acids is 1. The van der Waals surface area contributed by atoms with Gasteiger partial charge in [0.1, 0.15) is 5.00 Å². The van der Waals surface area contributed by atoms with Crippen LogP contribution in [0.25, 0.3) is 0 Å². The van der Waals surface area contributed by atoms with Crippen LogP contribution < -0.4 is 5.73 Å². The molecule has 0 unspecified atom stereocenters. The number of esters is 1. The molecule has 5 nitrogen and oxygen atoms in total. The van der Waals surface area contributed by atoms with Gasteiger partial charge >= 0.3 is 5.97 Å². The molecule has 0 fully saturated rings. The summed E-state index contributed by atoms with van der Waals surface area (Å²) in [5.74, 6) is -0.463. The SMILES string of the molecule is CCOC(=O)c1nc(CCOC)sc1N. The van der Waals surface area contributed by atoms with E-state index in [0.717, 1.165) is 5.01 Å². The molecule has 1 aromatic rings. The van der Waals surface area contributed by atoms with Crippen molar-refractivity contribution in [1.82, 2.24) is 4.98 Å². The van der Waals surface area contributed by atoms with Crippen molar-refractivity contribution in [3.05, 3.63) is 10.7 Å². The van der Waals surface area contributed by atoms with Gasteiger partial charge in [-0.1, -0.05) is 0 Å². The van der Waals surface area contributed by atoms with Crippen LogP contribution in [-0.2, 0) is 15.9 Å². The lowest BCUT2D eigenvalue weighted by atomic mass is 10.4. The molecular formula is C9H14N2O3S. The molecule has 15 heavy (non-hydrogen) atoms. The van der Waals surface area contributed by atoms with E-state index < -0.39 is 5.97 Å². The van der Waals surface area contributed by atoms with Crippen LogP contribution in [-0.4, -0.2) is 31.3 Å². The van der Waals surface area contributed by atoms with Gasteiger partial charge in [0.2, 0.25) is 0 Å². The summed E-state index contributed by atoms with van der Waals surface area (Å²) < 4.78 is 9.73. The predicted molar refractivity (Wildman–Crippen MR) is 58.1 cm³/mol. The first-order valence-corrected chi connectivity index (χ1v) is 5.42. The molecule has 0 aromatic carbocycles. The standard InChI is InChI=1S/C9H14N2O3S/c1-3-14-9(12)7-8(10)15-6(11-7)4-5-13-2/h3-5,10H2,1-2H3. The van der Waals surface area contributed by atoms with Crippen LogP contribution in [0.15, 0.2) is 0 Å². The van der Waals surface area contributed by atoms with Crippen LogP contribution in [0.1, 0.15) is 22.4 Å². The lowest BCUT2D eigenvalue weighted by Gasteiger charge is -1.97. The molecule has 0 aliphatic rings. The second-order valence-electron chi connectivity index (χ2n) is 2.78. The first-order chi connectivity index (χ1) is 7.19. The Labute approximate surface area is 92.2 Å². The van der Waals surface area contributed by atoms with Gasteiger partial charge in [-0.05, 0) is 6.92 Å². The monoisotopic (exact) mass is 230 g/mol. The molecule has 0 atom stereocenters. The number of nitrogens with zero attached hydrogens (tertiary/aromatic N) is 1. The summed E-state index contributed by atoms with van der Waals surface area (Å²) in [5.41, 5.74) is 5.87. The number of nitrogens with two attached hydrogens (primary N) is 1. The lowest BCUT2D eigenvalue weighted by Crippen LogP contribution is -2.07. The number of hydrogen-bond acceptors (Lipinski definition) is 6. The average molecular weight is 230 g/mol. The van der Waals surface area contributed by atoms with Gasteiger partial charge in [-0.3, -0.25) is 0 Å². The van der Waals surface area contributed by atoms with Crippen molar-refractivity contribution in [3.63, 3.8) is 0 Å². The topological polar surface area (TPSA) is 74.4 Å². The Morgan fingerprint density at radius 1 is 1.60 bits per heavy atom. The zero-order valence-electron chi connectivity index (χ0n) is 8.78. The second kappa shape index (κ2) is 5.67. The van der Waals surface area contributed by atoms with Crippen molar-refractivity contribution in [2.45, 2.75) is 13.3 Å². The van der Waals surface area contributed by atoms with Gasteiger partial charge < -0.3 is 15.2 Å². The van der Waals surface area contributed by atoms with Crippen molar-refractivity contribution in [3.8, 4) is 0 Å². The van der Waals surface area contributed by atoms with Gasteiger partial charge in [0.05, 0.1) is 18.2 Å². The molecule has 0 aliphatic carbocycles. The van der Waals surface area contributed by atoms with Crippen molar-refractivity contribution in [2.75, 3.05) is 26.1 Å². The molecule has 0 aliphatic heterocycles. The van der Waals surface area contributed by atoms with Gasteiger partial charge in [0.25, 0.3) is 0 Å². The highest BCUT2D eigenvalue weighted by Gasteiger charge is 2.16. The molecule has 1 aromatic heterocycles. The maximum Gasteiger partial charge on any atom is 0.360 e. The van der Waals surface area contributed by atoms with Crippen molar-refractivity contribution < 1.29 is 14.3 Å². The molecule has 0 amide bonds. The lowest BCUT2D eigenvalue weighted by molar-refractivity contribution is 0.0521. The fourth-order valence-electron chi connectivity index (χ4n) is 1.02. The first kappa shape index (κ1) is 11.9. The van der Waals surface area contributed by atoms with Gasteiger partial charge in [-0.15, -0.1) is 11.3 Å². The van der Waals surface area contributed by atoms with Crippen LogP contribution in [0.2, 0.25) is 0 Å². The Kier molecular flexibility index (Phi) is 4.51. The number of methoxy groups -OCH3 is 1. The van der Waals surface area contributed by atoms with Crippen molar-refractivity contribution in [1.29, 1.82) is 0 Å². The maximum atomic E-state index is 11.4. The van der Waals surface area contributed by atoms with E-state index in [1.54, 1.807) is 14.0 Å². The van der Waals surface area contributed by atoms with Gasteiger partial charge in [0, 0.05) is 13.5 Å². The highest BCUT2D eigenvalue weighted by atomic mass is 32.1. The average Bonchev–Trinajstić information content (AvgIpc) is 2.57. The molecule has 1 heterocycles. The number of hydrogen-bond donors (Lipinski definition) is 1. The molecule has 6 heteroatoms. The number of carbonyl (C=O) groups is 1. The summed E-state index contributed by atoms with van der Waals surface area (Å²) >= 11 is 1.29. The second-order valence-corrected chi connectivity index (χ2v) is 3.90. The Morgan fingerprint density at radius 2 is 2.33 bits per heavy atom. The van der Waals surface area contributed by atoms with Gasteiger partial charge in [-0.25, -0.2) is 9.78 Å². The van der Waals surface area contributed by atoms with E-state index in [9.17, 15) is 4.79 Å². The minimum atomic E-state index is -0.463. The predicted octanol–water partition coefficient (Wildman–Crippen LogP) is 1.09. The van der Waals surface area contributed by atoms with Gasteiger partial charge in [-0.2, -0.15) is 0 Å². The van der Waals surface area contributed by atoms with E-state index in [2.05, 4.69) is 4.98 Å². The smallest absolute Gasteiger partial charge is 0.360 e. The molecule has 0 bridgehead atoms. The molecule has 0 radical (unpaired) electrons. The van der Waals surface area contributed by atoms with E-state index >= 15 is 0 Å². The third-order valence-electron chi connectivity index (χ3n) is 1.69. The van der Waals surface area contributed by atoms with Crippen LogP contribution >= 0.6 is 11.3 Å². The Morgan fingerprint density at radius 3 is 2.93 bits per heavy atom. The molecule has 0 saturated carbocycles. The molecule has 0 spiro atoms.